The average Bonchev–Trinajstić information content (AvgIpc) is 3.10. The van der Waals surface area contributed by atoms with Crippen molar-refractivity contribution < 1.29 is 19.5 Å². The van der Waals surface area contributed by atoms with Gasteiger partial charge in [0.05, 0.1) is 0 Å². The maximum absolute atomic E-state index is 12.1. The second kappa shape index (κ2) is 6.40. The standard InChI is InChI=1S/C12H21N3O4/c1-13(2)10(16)7-14(3)12(19)15(8-11(17)18)6-9-4-5-9/h9H,4-8H2,1-3H3,(H,17,18). The Hall–Kier alpha value is -1.79. The van der Waals surface area contributed by atoms with Gasteiger partial charge in [0.25, 0.3) is 0 Å². The molecule has 1 aliphatic rings. The Balaban J connectivity index is 2.57. The third-order valence-corrected chi connectivity index (χ3v) is 2.97. The quantitative estimate of drug-likeness (QED) is 0.733. The maximum atomic E-state index is 12.1. The van der Waals surface area contributed by atoms with Crippen LogP contribution in [-0.4, -0.2) is 78.5 Å². The molecule has 1 N–H and O–H groups in total. The zero-order valence-corrected chi connectivity index (χ0v) is 11.6. The van der Waals surface area contributed by atoms with Gasteiger partial charge in [-0.05, 0) is 18.8 Å². The predicted molar refractivity (Wildman–Crippen MR) is 68.7 cm³/mol. The number of aliphatic carboxylic acids is 1. The summed E-state index contributed by atoms with van der Waals surface area (Å²) in [6.07, 6.45) is 2.06. The van der Waals surface area contributed by atoms with Gasteiger partial charge in [-0.3, -0.25) is 9.59 Å². The van der Waals surface area contributed by atoms with Gasteiger partial charge >= 0.3 is 12.0 Å². The average molecular weight is 271 g/mol. The number of nitrogens with zero attached hydrogens (tertiary/aromatic N) is 3. The fraction of sp³-hybridized carbons (Fsp3) is 0.750. The third kappa shape index (κ3) is 5.15. The van der Waals surface area contributed by atoms with E-state index in [1.807, 2.05) is 0 Å². The van der Waals surface area contributed by atoms with E-state index in [1.165, 1.54) is 21.7 Å². The van der Waals surface area contributed by atoms with E-state index in [9.17, 15) is 14.4 Å². The Labute approximate surface area is 112 Å². The zero-order chi connectivity index (χ0) is 14.6. The van der Waals surface area contributed by atoms with Gasteiger partial charge in [-0.25, -0.2) is 4.79 Å². The van der Waals surface area contributed by atoms with Crippen molar-refractivity contribution in [2.45, 2.75) is 12.8 Å². The molecule has 3 amide bonds. The summed E-state index contributed by atoms with van der Waals surface area (Å²) in [5.74, 6) is -0.833. The van der Waals surface area contributed by atoms with Crippen molar-refractivity contribution in [3.05, 3.63) is 0 Å². The van der Waals surface area contributed by atoms with Crippen LogP contribution in [0.25, 0.3) is 0 Å². The van der Waals surface area contributed by atoms with E-state index >= 15 is 0 Å². The van der Waals surface area contributed by atoms with Crippen molar-refractivity contribution in [1.82, 2.24) is 14.7 Å². The van der Waals surface area contributed by atoms with Crippen LogP contribution in [0.1, 0.15) is 12.8 Å². The van der Waals surface area contributed by atoms with E-state index in [4.69, 9.17) is 5.11 Å². The van der Waals surface area contributed by atoms with Crippen LogP contribution in [0.5, 0.6) is 0 Å². The van der Waals surface area contributed by atoms with E-state index in [0.717, 1.165) is 12.8 Å². The second-order valence-corrected chi connectivity index (χ2v) is 5.14. The number of carboxylic acid groups (broad SMARTS) is 1. The van der Waals surface area contributed by atoms with Crippen LogP contribution < -0.4 is 0 Å². The Bertz CT molecular complexity index is 366. The van der Waals surface area contributed by atoms with E-state index in [2.05, 4.69) is 0 Å². The molecule has 0 spiro atoms. The first-order chi connectivity index (χ1) is 8.81. The molecule has 0 aromatic heterocycles. The summed E-state index contributed by atoms with van der Waals surface area (Å²) in [5, 5.41) is 8.83. The third-order valence-electron chi connectivity index (χ3n) is 2.97. The minimum Gasteiger partial charge on any atom is -0.480 e. The molecule has 0 aromatic rings. The van der Waals surface area contributed by atoms with Crippen molar-refractivity contribution in [2.75, 3.05) is 40.8 Å². The number of hydrogen-bond donors (Lipinski definition) is 1. The number of rotatable bonds is 6. The SMILES string of the molecule is CN(C)C(=O)CN(C)C(=O)N(CC(=O)O)CC1CC1. The summed E-state index contributed by atoms with van der Waals surface area (Å²) in [7, 11) is 4.73. The number of carbonyl (C=O) groups is 3. The zero-order valence-electron chi connectivity index (χ0n) is 11.6. The number of likely N-dealkylation sites (N-methyl/N-ethyl adjacent to an activating group) is 2. The van der Waals surface area contributed by atoms with E-state index in [1.54, 1.807) is 14.1 Å². The molecule has 0 bridgehead atoms. The first-order valence-electron chi connectivity index (χ1n) is 6.23. The summed E-state index contributed by atoms with van der Waals surface area (Å²) < 4.78 is 0. The number of hydrogen-bond acceptors (Lipinski definition) is 3. The van der Waals surface area contributed by atoms with Crippen LogP contribution in [0.4, 0.5) is 4.79 Å². The Morgan fingerprint density at radius 2 is 1.68 bits per heavy atom. The van der Waals surface area contributed by atoms with Gasteiger partial charge in [0.15, 0.2) is 0 Å². The first-order valence-corrected chi connectivity index (χ1v) is 6.23. The van der Waals surface area contributed by atoms with Crippen LogP contribution in [0, 0.1) is 5.92 Å². The highest BCUT2D eigenvalue weighted by atomic mass is 16.4. The molecule has 108 valence electrons. The minimum absolute atomic E-state index is 0.0490. The van der Waals surface area contributed by atoms with Crippen molar-refractivity contribution in [2.24, 2.45) is 5.92 Å². The first kappa shape index (κ1) is 15.3. The maximum Gasteiger partial charge on any atom is 0.323 e. The lowest BCUT2D eigenvalue weighted by atomic mass is 10.3. The fourth-order valence-corrected chi connectivity index (χ4v) is 1.64. The highest BCUT2D eigenvalue weighted by Crippen LogP contribution is 2.29. The number of amides is 3. The predicted octanol–water partition coefficient (Wildman–Crippen LogP) is -0.0770. The monoisotopic (exact) mass is 271 g/mol. The van der Waals surface area contributed by atoms with E-state index < -0.39 is 12.0 Å². The number of carboxylic acids is 1. The highest BCUT2D eigenvalue weighted by molar-refractivity contribution is 5.85. The van der Waals surface area contributed by atoms with Crippen molar-refractivity contribution >= 4 is 17.9 Å². The molecular formula is C12H21N3O4. The molecule has 0 aromatic carbocycles. The van der Waals surface area contributed by atoms with E-state index in [0.29, 0.717) is 12.5 Å². The Morgan fingerprint density at radius 3 is 2.11 bits per heavy atom. The van der Waals surface area contributed by atoms with Gasteiger partial charge in [0, 0.05) is 27.7 Å². The van der Waals surface area contributed by atoms with Gasteiger partial charge in [-0.2, -0.15) is 0 Å². The van der Waals surface area contributed by atoms with Crippen molar-refractivity contribution in [3.63, 3.8) is 0 Å². The molecule has 0 atom stereocenters. The molecule has 0 saturated heterocycles. The smallest absolute Gasteiger partial charge is 0.323 e. The van der Waals surface area contributed by atoms with Gasteiger partial charge in [-0.1, -0.05) is 0 Å². The van der Waals surface area contributed by atoms with Gasteiger partial charge in [-0.15, -0.1) is 0 Å². The van der Waals surface area contributed by atoms with Crippen LogP contribution in [0.3, 0.4) is 0 Å². The normalized spacial score (nSPS) is 13.8. The molecule has 0 heterocycles. The molecule has 1 saturated carbocycles. The molecule has 1 aliphatic carbocycles. The summed E-state index contributed by atoms with van der Waals surface area (Å²) >= 11 is 0. The molecule has 19 heavy (non-hydrogen) atoms. The lowest BCUT2D eigenvalue weighted by molar-refractivity contribution is -0.137. The summed E-state index contributed by atoms with van der Waals surface area (Å²) in [6.45, 7) is 0.0775. The van der Waals surface area contributed by atoms with Gasteiger partial charge in [0.2, 0.25) is 5.91 Å². The summed E-state index contributed by atoms with van der Waals surface area (Å²) in [4.78, 5) is 38.4. The minimum atomic E-state index is -1.04. The topological polar surface area (TPSA) is 81.2 Å². The largest absolute Gasteiger partial charge is 0.480 e. The Morgan fingerprint density at radius 1 is 1.11 bits per heavy atom. The lowest BCUT2D eigenvalue weighted by Crippen LogP contribution is -2.47. The van der Waals surface area contributed by atoms with Crippen LogP contribution >= 0.6 is 0 Å². The van der Waals surface area contributed by atoms with E-state index in [-0.39, 0.29) is 19.0 Å². The number of urea groups is 1. The summed E-state index contributed by atoms with van der Waals surface area (Å²) in [5.41, 5.74) is 0. The molecule has 7 nitrogen and oxygen atoms in total. The molecular weight excluding hydrogens is 250 g/mol. The molecule has 1 fully saturated rings. The van der Waals surface area contributed by atoms with Crippen LogP contribution in [0.15, 0.2) is 0 Å². The Kier molecular flexibility index (Phi) is 5.14. The summed E-state index contributed by atoms with van der Waals surface area (Å²) in [6, 6.07) is -0.412. The highest BCUT2D eigenvalue weighted by Gasteiger charge is 2.29. The fourth-order valence-electron chi connectivity index (χ4n) is 1.64. The van der Waals surface area contributed by atoms with Crippen LogP contribution in [-0.2, 0) is 9.59 Å². The molecule has 0 aliphatic heterocycles. The number of carbonyl (C=O) groups excluding carboxylic acids is 2. The van der Waals surface area contributed by atoms with Crippen LogP contribution in [0.2, 0.25) is 0 Å². The second-order valence-electron chi connectivity index (χ2n) is 5.14. The molecule has 0 unspecified atom stereocenters. The molecule has 1 rings (SSSR count). The van der Waals surface area contributed by atoms with Gasteiger partial charge in [0.1, 0.15) is 13.1 Å². The molecule has 0 radical (unpaired) electrons. The molecule has 7 heteroatoms. The van der Waals surface area contributed by atoms with Crippen molar-refractivity contribution in [3.8, 4) is 0 Å². The van der Waals surface area contributed by atoms with Gasteiger partial charge < -0.3 is 19.8 Å². The lowest BCUT2D eigenvalue weighted by Gasteiger charge is -2.27. The van der Waals surface area contributed by atoms with Crippen molar-refractivity contribution in [1.29, 1.82) is 0 Å².